The van der Waals surface area contributed by atoms with Gasteiger partial charge in [-0.05, 0) is 25.1 Å². The summed E-state index contributed by atoms with van der Waals surface area (Å²) in [6.45, 7) is 1.90. The molecule has 0 unspecified atom stereocenters. The van der Waals surface area contributed by atoms with Crippen molar-refractivity contribution in [3.05, 3.63) is 77.9 Å². The van der Waals surface area contributed by atoms with E-state index in [0.29, 0.717) is 5.02 Å². The second-order valence-electron chi connectivity index (χ2n) is 5.47. The quantitative estimate of drug-likeness (QED) is 0.519. The van der Waals surface area contributed by atoms with Gasteiger partial charge in [0.25, 0.3) is 0 Å². The molecule has 4 rings (SSSR count). The molecule has 0 amide bonds. The number of hydrogen-bond donors (Lipinski definition) is 0. The highest BCUT2D eigenvalue weighted by molar-refractivity contribution is 6.30. The minimum atomic E-state index is 0.689. The Hall–Kier alpha value is -2.85. The third kappa shape index (κ3) is 2.61. The Labute approximate surface area is 144 Å². The average Bonchev–Trinajstić information content (AvgIpc) is 3.22. The maximum absolute atomic E-state index is 6.07. The van der Waals surface area contributed by atoms with Crippen LogP contribution in [0.25, 0.3) is 28.2 Å². The molecule has 0 aliphatic heterocycles. The molecule has 4 nitrogen and oxygen atoms in total. The fourth-order valence-electron chi connectivity index (χ4n) is 2.70. The number of aromatic nitrogens is 3. The first-order valence-electron chi connectivity index (χ1n) is 7.54. The van der Waals surface area contributed by atoms with Gasteiger partial charge in [0.1, 0.15) is 11.5 Å². The third-order valence-corrected chi connectivity index (χ3v) is 4.09. The monoisotopic (exact) mass is 335 g/mol. The molecule has 2 heterocycles. The molecule has 0 saturated heterocycles. The molecular weight excluding hydrogens is 322 g/mol. The Morgan fingerprint density at radius 2 is 1.88 bits per heavy atom. The van der Waals surface area contributed by atoms with Crippen molar-refractivity contribution >= 4 is 11.6 Å². The van der Waals surface area contributed by atoms with E-state index in [2.05, 4.69) is 10.1 Å². The molecule has 0 N–H and O–H groups in total. The van der Waals surface area contributed by atoms with Crippen molar-refractivity contribution in [1.29, 1.82) is 0 Å². The highest BCUT2D eigenvalue weighted by Crippen LogP contribution is 2.33. The van der Waals surface area contributed by atoms with Crippen LogP contribution in [0.1, 0.15) is 5.76 Å². The van der Waals surface area contributed by atoms with E-state index < -0.39 is 0 Å². The zero-order valence-corrected chi connectivity index (χ0v) is 13.7. The van der Waals surface area contributed by atoms with Gasteiger partial charge in [0.05, 0.1) is 17.6 Å². The fourth-order valence-corrected chi connectivity index (χ4v) is 2.88. The van der Waals surface area contributed by atoms with Crippen molar-refractivity contribution in [1.82, 2.24) is 14.7 Å². The van der Waals surface area contributed by atoms with Gasteiger partial charge >= 0.3 is 0 Å². The van der Waals surface area contributed by atoms with E-state index in [1.165, 1.54) is 0 Å². The molecule has 0 saturated carbocycles. The van der Waals surface area contributed by atoms with Crippen molar-refractivity contribution in [2.24, 2.45) is 0 Å². The first-order chi connectivity index (χ1) is 11.7. The number of aryl methyl sites for hydroxylation is 1. The van der Waals surface area contributed by atoms with Crippen LogP contribution in [-0.2, 0) is 0 Å². The molecule has 0 fully saturated rings. The zero-order chi connectivity index (χ0) is 16.5. The summed E-state index contributed by atoms with van der Waals surface area (Å²) in [4.78, 5) is 4.53. The lowest BCUT2D eigenvalue weighted by atomic mass is 10.0. The largest absolute Gasteiger partial charge is 0.360 e. The van der Waals surface area contributed by atoms with Gasteiger partial charge in [0, 0.05) is 22.5 Å². The van der Waals surface area contributed by atoms with Gasteiger partial charge in [-0.2, -0.15) is 0 Å². The van der Waals surface area contributed by atoms with Crippen molar-refractivity contribution in [3.63, 3.8) is 0 Å². The van der Waals surface area contributed by atoms with Crippen LogP contribution in [-0.4, -0.2) is 14.7 Å². The topological polar surface area (TPSA) is 43.9 Å². The van der Waals surface area contributed by atoms with Crippen molar-refractivity contribution in [2.75, 3.05) is 0 Å². The van der Waals surface area contributed by atoms with Crippen molar-refractivity contribution in [2.45, 2.75) is 6.92 Å². The second-order valence-corrected chi connectivity index (χ2v) is 5.91. The summed E-state index contributed by atoms with van der Waals surface area (Å²) in [5.74, 6) is 0.741. The lowest BCUT2D eigenvalue weighted by Crippen LogP contribution is -1.89. The normalized spacial score (nSPS) is 10.9. The molecule has 0 atom stereocenters. The van der Waals surface area contributed by atoms with Crippen LogP contribution in [0.4, 0.5) is 0 Å². The predicted molar refractivity (Wildman–Crippen MR) is 94.2 cm³/mol. The van der Waals surface area contributed by atoms with Crippen LogP contribution in [0.3, 0.4) is 0 Å². The number of hydrogen-bond acceptors (Lipinski definition) is 3. The molecule has 5 heteroatoms. The summed E-state index contributed by atoms with van der Waals surface area (Å²) < 4.78 is 7.35. The Morgan fingerprint density at radius 1 is 1.04 bits per heavy atom. The first-order valence-corrected chi connectivity index (χ1v) is 7.92. The number of nitrogens with zero attached hydrogens (tertiary/aromatic N) is 3. The zero-order valence-electron chi connectivity index (χ0n) is 13.0. The maximum atomic E-state index is 6.07. The molecular formula is C19H14ClN3O. The highest BCUT2D eigenvalue weighted by Gasteiger charge is 2.18. The van der Waals surface area contributed by atoms with E-state index in [4.69, 9.17) is 16.1 Å². The average molecular weight is 336 g/mol. The van der Waals surface area contributed by atoms with Gasteiger partial charge in [-0.15, -0.1) is 0 Å². The van der Waals surface area contributed by atoms with Crippen molar-refractivity contribution in [3.8, 4) is 28.2 Å². The standard InChI is InChI=1S/C19H14ClN3O/c1-13-18(19(22-24-13)14-6-3-2-4-7-14)17-11-23(12-21-17)16-9-5-8-15(20)10-16/h2-12H,1H3. The van der Waals surface area contributed by atoms with Gasteiger partial charge in [-0.3, -0.25) is 0 Å². The summed E-state index contributed by atoms with van der Waals surface area (Å²) in [6, 6.07) is 17.6. The molecule has 0 aliphatic carbocycles. The van der Waals surface area contributed by atoms with E-state index in [1.807, 2.05) is 72.3 Å². The molecule has 24 heavy (non-hydrogen) atoms. The van der Waals surface area contributed by atoms with E-state index in [9.17, 15) is 0 Å². The molecule has 0 spiro atoms. The molecule has 2 aromatic carbocycles. The SMILES string of the molecule is Cc1onc(-c2ccccc2)c1-c1cn(-c2cccc(Cl)c2)cn1. The molecule has 2 aromatic heterocycles. The van der Waals surface area contributed by atoms with E-state index in [1.54, 1.807) is 6.33 Å². The second kappa shape index (κ2) is 5.98. The lowest BCUT2D eigenvalue weighted by Gasteiger charge is -2.02. The molecule has 0 aliphatic rings. The number of rotatable bonds is 3. The minimum absolute atomic E-state index is 0.689. The summed E-state index contributed by atoms with van der Waals surface area (Å²) in [6.07, 6.45) is 3.72. The Balaban J connectivity index is 1.80. The first kappa shape index (κ1) is 14.7. The molecule has 4 aromatic rings. The Morgan fingerprint density at radius 3 is 2.67 bits per heavy atom. The summed E-state index contributed by atoms with van der Waals surface area (Å²) in [5, 5.41) is 4.90. The van der Waals surface area contributed by atoms with E-state index in [-0.39, 0.29) is 0 Å². The number of halogens is 1. The van der Waals surface area contributed by atoms with Crippen LogP contribution in [0.15, 0.2) is 71.6 Å². The lowest BCUT2D eigenvalue weighted by molar-refractivity contribution is 0.400. The van der Waals surface area contributed by atoms with Crippen molar-refractivity contribution < 1.29 is 4.52 Å². The Bertz CT molecular complexity index is 989. The summed E-state index contributed by atoms with van der Waals surface area (Å²) in [7, 11) is 0. The fraction of sp³-hybridized carbons (Fsp3) is 0.0526. The molecule has 0 bridgehead atoms. The summed E-state index contributed by atoms with van der Waals surface area (Å²) >= 11 is 6.07. The Kier molecular flexibility index (Phi) is 3.67. The molecule has 0 radical (unpaired) electrons. The van der Waals surface area contributed by atoms with E-state index >= 15 is 0 Å². The van der Waals surface area contributed by atoms with Crippen LogP contribution >= 0.6 is 11.6 Å². The minimum Gasteiger partial charge on any atom is -0.360 e. The van der Waals surface area contributed by atoms with E-state index in [0.717, 1.165) is 34.0 Å². The smallest absolute Gasteiger partial charge is 0.143 e. The van der Waals surface area contributed by atoms with Gasteiger partial charge in [-0.1, -0.05) is 53.2 Å². The summed E-state index contributed by atoms with van der Waals surface area (Å²) in [5.41, 5.74) is 4.47. The predicted octanol–water partition coefficient (Wildman–Crippen LogP) is 5.16. The van der Waals surface area contributed by atoms with Crippen LogP contribution in [0.5, 0.6) is 0 Å². The van der Waals surface area contributed by atoms with Gasteiger partial charge in [0.2, 0.25) is 0 Å². The molecule has 118 valence electrons. The van der Waals surface area contributed by atoms with Crippen LogP contribution in [0, 0.1) is 6.92 Å². The maximum Gasteiger partial charge on any atom is 0.143 e. The highest BCUT2D eigenvalue weighted by atomic mass is 35.5. The van der Waals surface area contributed by atoms with Gasteiger partial charge in [0.15, 0.2) is 0 Å². The number of imidazole rings is 1. The van der Waals surface area contributed by atoms with Gasteiger partial charge < -0.3 is 9.09 Å². The number of benzene rings is 2. The van der Waals surface area contributed by atoms with Crippen LogP contribution in [0.2, 0.25) is 5.02 Å². The van der Waals surface area contributed by atoms with Crippen LogP contribution < -0.4 is 0 Å². The third-order valence-electron chi connectivity index (χ3n) is 3.86. The van der Waals surface area contributed by atoms with Gasteiger partial charge in [-0.25, -0.2) is 4.98 Å².